The zero-order valence-corrected chi connectivity index (χ0v) is 18.8. The first kappa shape index (κ1) is 20.4. The molecular formula is C25H29N5O3. The third-order valence-corrected chi connectivity index (χ3v) is 7.68. The summed E-state index contributed by atoms with van der Waals surface area (Å²) >= 11 is 0. The van der Waals surface area contributed by atoms with Gasteiger partial charge in [0.2, 0.25) is 0 Å². The fourth-order valence-corrected chi connectivity index (χ4v) is 5.66. The summed E-state index contributed by atoms with van der Waals surface area (Å²) in [6.07, 6.45) is 8.99. The fraction of sp³-hybridized carbons (Fsp3) is 0.520. The van der Waals surface area contributed by atoms with E-state index in [-0.39, 0.29) is 24.3 Å². The first-order chi connectivity index (χ1) is 16.1. The largest absolute Gasteiger partial charge is 0.443 e. The molecule has 172 valence electrons. The van der Waals surface area contributed by atoms with Gasteiger partial charge in [-0.3, -0.25) is 9.59 Å². The maximum atomic E-state index is 13.0. The van der Waals surface area contributed by atoms with Gasteiger partial charge in [0.15, 0.2) is 23.6 Å². The van der Waals surface area contributed by atoms with Crippen molar-refractivity contribution in [1.82, 2.24) is 14.8 Å². The fourth-order valence-electron chi connectivity index (χ4n) is 5.66. The average molecular weight is 448 g/mol. The molecule has 8 nitrogen and oxygen atoms in total. The number of aromatic nitrogens is 3. The minimum absolute atomic E-state index is 0.0258. The highest BCUT2D eigenvalue weighted by Gasteiger charge is 2.44. The standard InChI is InChI=1S/C25H29N5O3/c31-19(12-18-4-5-22-20(13-18)26-17-33-22)15-30-23(32)14-21(28-9-1-2-10-28)24(27-30)29-11-8-25(16-29)6-3-7-25/h4-5,13-14,17H,1-3,6-12,15-16H2. The Bertz CT molecular complexity index is 1250. The lowest BCUT2D eigenvalue weighted by Crippen LogP contribution is -2.36. The molecule has 2 aliphatic heterocycles. The van der Waals surface area contributed by atoms with Crippen LogP contribution in [0.3, 0.4) is 0 Å². The van der Waals surface area contributed by atoms with Crippen LogP contribution in [0.4, 0.5) is 11.5 Å². The van der Waals surface area contributed by atoms with E-state index in [4.69, 9.17) is 9.52 Å². The van der Waals surface area contributed by atoms with Gasteiger partial charge in [-0.1, -0.05) is 12.5 Å². The molecule has 3 aliphatic rings. The molecule has 6 rings (SSSR count). The first-order valence-electron chi connectivity index (χ1n) is 12.0. The summed E-state index contributed by atoms with van der Waals surface area (Å²) in [7, 11) is 0. The van der Waals surface area contributed by atoms with E-state index in [1.807, 2.05) is 18.2 Å². The molecule has 0 amide bonds. The van der Waals surface area contributed by atoms with Crippen molar-refractivity contribution in [3.63, 3.8) is 0 Å². The molecule has 3 aromatic rings. The average Bonchev–Trinajstić information content (AvgIpc) is 3.54. The number of carbonyl (C=O) groups is 1. The Hall–Kier alpha value is -3.16. The van der Waals surface area contributed by atoms with E-state index in [0.717, 1.165) is 61.6 Å². The second-order valence-electron chi connectivity index (χ2n) is 9.94. The molecule has 1 aliphatic carbocycles. The molecule has 0 radical (unpaired) electrons. The summed E-state index contributed by atoms with van der Waals surface area (Å²) in [5, 5.41) is 4.79. The summed E-state index contributed by atoms with van der Waals surface area (Å²) in [4.78, 5) is 34.6. The van der Waals surface area contributed by atoms with Crippen molar-refractivity contribution >= 4 is 28.4 Å². The molecule has 4 heterocycles. The van der Waals surface area contributed by atoms with Crippen LogP contribution in [0.15, 0.2) is 39.9 Å². The molecule has 0 atom stereocenters. The second kappa shape index (κ2) is 8.01. The molecule has 2 saturated heterocycles. The Labute approximate surface area is 192 Å². The lowest BCUT2D eigenvalue weighted by Gasteiger charge is -2.38. The Morgan fingerprint density at radius 2 is 1.88 bits per heavy atom. The van der Waals surface area contributed by atoms with Crippen LogP contribution < -0.4 is 15.4 Å². The number of hydrogen-bond acceptors (Lipinski definition) is 7. The lowest BCUT2D eigenvalue weighted by molar-refractivity contribution is -0.119. The molecule has 1 saturated carbocycles. The third kappa shape index (κ3) is 3.81. The molecular weight excluding hydrogens is 418 g/mol. The highest BCUT2D eigenvalue weighted by molar-refractivity contribution is 5.82. The maximum Gasteiger partial charge on any atom is 0.269 e. The summed E-state index contributed by atoms with van der Waals surface area (Å²) in [6, 6.07) is 7.25. The van der Waals surface area contributed by atoms with Gasteiger partial charge in [-0.2, -0.15) is 0 Å². The predicted molar refractivity (Wildman–Crippen MR) is 126 cm³/mol. The number of anilines is 2. The van der Waals surface area contributed by atoms with E-state index in [2.05, 4.69) is 14.8 Å². The van der Waals surface area contributed by atoms with Gasteiger partial charge in [-0.05, 0) is 55.2 Å². The van der Waals surface area contributed by atoms with Gasteiger partial charge in [0.1, 0.15) is 12.1 Å². The van der Waals surface area contributed by atoms with Crippen LogP contribution in [0, 0.1) is 5.41 Å². The van der Waals surface area contributed by atoms with Gasteiger partial charge < -0.3 is 14.2 Å². The van der Waals surface area contributed by atoms with Crippen molar-refractivity contribution in [2.75, 3.05) is 36.0 Å². The number of oxazole rings is 1. The number of rotatable bonds is 6. The normalized spacial score (nSPS) is 19.5. The topological polar surface area (TPSA) is 84.5 Å². The second-order valence-corrected chi connectivity index (χ2v) is 9.94. The van der Waals surface area contributed by atoms with Crippen LogP contribution in [0.5, 0.6) is 0 Å². The van der Waals surface area contributed by atoms with E-state index >= 15 is 0 Å². The molecule has 2 aromatic heterocycles. The summed E-state index contributed by atoms with van der Waals surface area (Å²) in [5.41, 5.74) is 3.44. The Kier molecular flexibility index (Phi) is 4.96. The van der Waals surface area contributed by atoms with Crippen molar-refractivity contribution in [2.45, 2.75) is 51.5 Å². The van der Waals surface area contributed by atoms with E-state index in [1.165, 1.54) is 36.8 Å². The summed E-state index contributed by atoms with van der Waals surface area (Å²) < 4.78 is 6.63. The SMILES string of the molecule is O=C(Cc1ccc2ocnc2c1)Cn1nc(N2CCC3(CCC3)C2)c(N2CCCC2)cc1=O. The van der Waals surface area contributed by atoms with E-state index in [0.29, 0.717) is 11.0 Å². The number of hydrogen-bond donors (Lipinski definition) is 0. The van der Waals surface area contributed by atoms with E-state index in [1.54, 1.807) is 6.07 Å². The van der Waals surface area contributed by atoms with Crippen LogP contribution in [-0.4, -0.2) is 46.7 Å². The Morgan fingerprint density at radius 1 is 1.03 bits per heavy atom. The molecule has 1 spiro atoms. The molecule has 1 aromatic carbocycles. The molecule has 8 heteroatoms. The van der Waals surface area contributed by atoms with Crippen LogP contribution >= 0.6 is 0 Å². The number of Topliss-reactive ketones (excluding diaryl/α,β-unsaturated/α-hetero) is 1. The number of carbonyl (C=O) groups excluding carboxylic acids is 1. The molecule has 3 fully saturated rings. The zero-order chi connectivity index (χ0) is 22.4. The smallest absolute Gasteiger partial charge is 0.269 e. The van der Waals surface area contributed by atoms with Crippen molar-refractivity contribution in [3.05, 3.63) is 46.6 Å². The van der Waals surface area contributed by atoms with Crippen LogP contribution in [0.1, 0.15) is 44.1 Å². The zero-order valence-electron chi connectivity index (χ0n) is 18.8. The molecule has 0 bridgehead atoms. The van der Waals surface area contributed by atoms with Gasteiger partial charge in [-0.15, -0.1) is 5.10 Å². The molecule has 0 N–H and O–H groups in total. The van der Waals surface area contributed by atoms with Crippen LogP contribution in [-0.2, 0) is 17.8 Å². The minimum atomic E-state index is -0.210. The van der Waals surface area contributed by atoms with Crippen molar-refractivity contribution in [3.8, 4) is 0 Å². The Balaban J connectivity index is 1.26. The quantitative estimate of drug-likeness (QED) is 0.574. The number of fused-ring (bicyclic) bond motifs is 1. The van der Waals surface area contributed by atoms with Gasteiger partial charge in [0.05, 0.1) is 5.69 Å². The first-order valence-corrected chi connectivity index (χ1v) is 12.0. The minimum Gasteiger partial charge on any atom is -0.443 e. The molecule has 33 heavy (non-hydrogen) atoms. The van der Waals surface area contributed by atoms with Crippen molar-refractivity contribution in [2.24, 2.45) is 5.41 Å². The lowest BCUT2D eigenvalue weighted by atomic mass is 9.68. The van der Waals surface area contributed by atoms with Crippen molar-refractivity contribution in [1.29, 1.82) is 0 Å². The van der Waals surface area contributed by atoms with Gasteiger partial charge in [0, 0.05) is 38.7 Å². The molecule has 0 unspecified atom stereocenters. The van der Waals surface area contributed by atoms with Crippen molar-refractivity contribution < 1.29 is 9.21 Å². The van der Waals surface area contributed by atoms with Gasteiger partial charge >= 0.3 is 0 Å². The van der Waals surface area contributed by atoms with E-state index < -0.39 is 0 Å². The van der Waals surface area contributed by atoms with Crippen LogP contribution in [0.25, 0.3) is 11.1 Å². The van der Waals surface area contributed by atoms with Gasteiger partial charge in [-0.25, -0.2) is 9.67 Å². The monoisotopic (exact) mass is 447 g/mol. The summed E-state index contributed by atoms with van der Waals surface area (Å²) in [6.45, 7) is 3.87. The Morgan fingerprint density at radius 3 is 2.64 bits per heavy atom. The van der Waals surface area contributed by atoms with Gasteiger partial charge in [0.25, 0.3) is 5.56 Å². The van der Waals surface area contributed by atoms with Crippen LogP contribution in [0.2, 0.25) is 0 Å². The predicted octanol–water partition coefficient (Wildman–Crippen LogP) is 3.18. The number of ketones is 1. The number of benzene rings is 1. The highest BCUT2D eigenvalue weighted by Crippen LogP contribution is 2.49. The highest BCUT2D eigenvalue weighted by atomic mass is 16.3. The number of nitrogens with zero attached hydrogens (tertiary/aromatic N) is 5. The summed E-state index contributed by atoms with van der Waals surface area (Å²) in [5.74, 6) is 0.821. The third-order valence-electron chi connectivity index (χ3n) is 7.68. The maximum absolute atomic E-state index is 13.0. The van der Waals surface area contributed by atoms with E-state index in [9.17, 15) is 9.59 Å².